The SMILES string of the molecule is C.C.C.C.C.C.C.C.C1CCCCCCCCCCCCCCCCC1.C1CCCCCCCCCCCCCCCCC1.C1CCCCCCCCCCCCCCCCC1.C1CCCCCCCCCCCCCCCCC1.CC(=O)SCC(=O)ON1C(=O)CCC1=O.CCC(=O)CS.CCC(=O)CS.CCC(=O)CSC(C)=O.CC[C@H](C(N)=O)N1CC(CNC(=O)CBr)CC1=O.CN.NO. The van der Waals surface area contributed by atoms with Gasteiger partial charge in [-0.05, 0) is 13.5 Å². The first-order chi connectivity index (χ1) is 63.3. The number of likely N-dealkylation sites (tertiary alicyclic amines) is 1. The van der Waals surface area contributed by atoms with E-state index in [-0.39, 0.29) is 129 Å². The van der Waals surface area contributed by atoms with Crippen molar-refractivity contribution in [2.75, 3.05) is 48.5 Å². The number of halogens is 1. The summed E-state index contributed by atoms with van der Waals surface area (Å²) in [6.45, 7) is 11.0. The highest BCUT2D eigenvalue weighted by molar-refractivity contribution is 9.09. The summed E-state index contributed by atoms with van der Waals surface area (Å²) in [6.07, 6.45) is 111. The first-order valence-corrected chi connectivity index (χ1v) is 58.0. The van der Waals surface area contributed by atoms with Gasteiger partial charge in [0.25, 0.3) is 11.8 Å². The average molecular weight is 2110 g/mol. The third kappa shape index (κ3) is 127. The summed E-state index contributed by atoms with van der Waals surface area (Å²) < 4.78 is 0. The molecule has 4 saturated carbocycles. The maximum atomic E-state index is 11.8. The number of thiol groups is 2. The van der Waals surface area contributed by atoms with E-state index in [0.29, 0.717) is 67.5 Å². The number of carbonyl (C=O) groups excluding carboxylic acids is 11. The zero-order valence-electron chi connectivity index (χ0n) is 85.0. The molecule has 24 heteroatoms. The van der Waals surface area contributed by atoms with Gasteiger partial charge in [0.2, 0.25) is 17.7 Å². The van der Waals surface area contributed by atoms with Gasteiger partial charge in [0, 0.05) is 82.9 Å². The van der Waals surface area contributed by atoms with Crippen LogP contribution in [0.5, 0.6) is 0 Å². The molecule has 6 rings (SSSR count). The van der Waals surface area contributed by atoms with E-state index >= 15 is 0 Å². The maximum Gasteiger partial charge on any atom is 0.343 e. The van der Waals surface area contributed by atoms with Gasteiger partial charge in [-0.2, -0.15) is 25.3 Å². The van der Waals surface area contributed by atoms with E-state index < -0.39 is 29.7 Å². The van der Waals surface area contributed by atoms with Crippen LogP contribution in [0.2, 0.25) is 0 Å². The molecule has 0 radical (unpaired) electrons. The van der Waals surface area contributed by atoms with Crippen LogP contribution < -0.4 is 22.7 Å². The predicted molar refractivity (Wildman–Crippen MR) is 619 cm³/mol. The Labute approximate surface area is 885 Å². The van der Waals surface area contributed by atoms with Crippen molar-refractivity contribution in [3.63, 3.8) is 0 Å². The minimum atomic E-state index is -0.779. The Balaban J connectivity index is -0.000000116. The van der Waals surface area contributed by atoms with Gasteiger partial charge in [0.05, 0.1) is 11.1 Å². The van der Waals surface area contributed by atoms with Crippen LogP contribution >= 0.6 is 64.7 Å². The normalized spacial score (nSPS) is 18.4. The molecule has 0 aromatic carbocycles. The number of Topliss-reactive ketones (excluding diaryl/α,β-unsaturated/α-hetero) is 3. The second-order valence-electron chi connectivity index (χ2n) is 36.4. The van der Waals surface area contributed by atoms with Crippen molar-refractivity contribution in [2.24, 2.45) is 23.3 Å². The molecule has 8 N–H and O–H groups in total. The van der Waals surface area contributed by atoms with Crippen molar-refractivity contribution in [1.82, 2.24) is 15.3 Å². The molecule has 0 aromatic rings. The van der Waals surface area contributed by atoms with Gasteiger partial charge in [-0.1, -0.05) is 589 Å². The van der Waals surface area contributed by atoms with E-state index in [1.807, 2.05) is 20.8 Å². The lowest BCUT2D eigenvalue weighted by atomic mass is 10.0. The Morgan fingerprint density at radius 3 is 0.688 bits per heavy atom. The van der Waals surface area contributed by atoms with Crippen LogP contribution in [0.15, 0.2) is 0 Å². The largest absolute Gasteiger partial charge is 0.368 e. The summed E-state index contributed by atoms with van der Waals surface area (Å²) in [4.78, 5) is 125. The zero-order valence-corrected chi connectivity index (χ0v) is 90.0. The highest BCUT2D eigenvalue weighted by atomic mass is 79.9. The molecule has 138 heavy (non-hydrogen) atoms. The molecular weight excluding hydrogens is 1870 g/mol. The smallest absolute Gasteiger partial charge is 0.343 e. The summed E-state index contributed by atoms with van der Waals surface area (Å²) >= 11 is 12.4. The van der Waals surface area contributed by atoms with Gasteiger partial charge in [0.15, 0.2) is 10.2 Å². The van der Waals surface area contributed by atoms with Gasteiger partial charge in [-0.15, -0.1) is 5.06 Å². The first kappa shape index (κ1) is 163. The fraction of sp³-hybridized carbons (Fsp3) is 0.904. The quantitative estimate of drug-likeness (QED) is 0.0327. The summed E-state index contributed by atoms with van der Waals surface area (Å²) in [7, 11) is 1.50. The van der Waals surface area contributed by atoms with Crippen LogP contribution in [0.1, 0.15) is 608 Å². The Kier molecular flexibility index (Phi) is 161. The van der Waals surface area contributed by atoms with Crippen LogP contribution in [0.3, 0.4) is 0 Å². The van der Waals surface area contributed by atoms with Crippen molar-refractivity contribution < 1.29 is 62.8 Å². The predicted octanol–water partition coefficient (Wildman–Crippen LogP) is 34.6. The third-order valence-corrected chi connectivity index (χ3v) is 27.5. The van der Waals surface area contributed by atoms with Gasteiger partial charge in [-0.3, -0.25) is 47.9 Å². The third-order valence-electron chi connectivity index (χ3n) is 24.6. The number of thioether (sulfide) groups is 2. The number of rotatable bonds is 16. The molecule has 0 aromatic heterocycles. The Bertz CT molecular complexity index is 2080. The highest BCUT2D eigenvalue weighted by Crippen LogP contribution is 2.25. The number of amides is 5. The van der Waals surface area contributed by atoms with Crippen molar-refractivity contribution in [2.45, 2.75) is 614 Å². The van der Waals surface area contributed by atoms with Crippen LogP contribution in [0.25, 0.3) is 0 Å². The summed E-state index contributed by atoms with van der Waals surface area (Å²) in [5.41, 5.74) is 9.77. The number of nitrogens with one attached hydrogen (secondary N) is 1. The molecule has 19 nitrogen and oxygen atoms in total. The van der Waals surface area contributed by atoms with Crippen molar-refractivity contribution in [3.05, 3.63) is 0 Å². The summed E-state index contributed by atoms with van der Waals surface area (Å²) in [5.74, 6) is 2.52. The molecule has 5 amide bonds. The van der Waals surface area contributed by atoms with E-state index in [4.69, 9.17) is 10.9 Å². The molecule has 0 bridgehead atoms. The molecule has 2 saturated heterocycles. The molecule has 1 unspecified atom stereocenters. The second kappa shape index (κ2) is 136. The summed E-state index contributed by atoms with van der Waals surface area (Å²) in [5, 5.41) is 9.71. The van der Waals surface area contributed by atoms with E-state index in [9.17, 15) is 52.7 Å². The number of alkyl halides is 1. The van der Waals surface area contributed by atoms with Gasteiger partial charge >= 0.3 is 5.97 Å². The second-order valence-corrected chi connectivity index (χ2v) is 39.9. The molecule has 2 atom stereocenters. The van der Waals surface area contributed by atoms with Crippen molar-refractivity contribution >= 4 is 128 Å². The molecule has 6 aliphatic rings. The Morgan fingerprint density at radius 1 is 0.355 bits per heavy atom. The number of nitrogens with zero attached hydrogens (tertiary/aromatic N) is 2. The fourth-order valence-electron chi connectivity index (χ4n) is 16.3. The first-order valence-electron chi connectivity index (χ1n) is 53.6. The number of imide groups is 1. The van der Waals surface area contributed by atoms with Crippen molar-refractivity contribution in [1.29, 1.82) is 0 Å². The number of nitrogens with two attached hydrogens (primary N) is 3. The van der Waals surface area contributed by atoms with Crippen LogP contribution in [-0.4, -0.2) is 133 Å². The number of ketones is 3. The van der Waals surface area contributed by atoms with E-state index in [1.165, 1.54) is 488 Å². The minimum absolute atomic E-state index is 0. The van der Waals surface area contributed by atoms with E-state index in [2.05, 4.69) is 63.0 Å². The van der Waals surface area contributed by atoms with E-state index in [0.717, 1.165) is 23.5 Å². The number of primary amides is 1. The highest BCUT2D eigenvalue weighted by Gasteiger charge is 2.36. The van der Waals surface area contributed by atoms with Crippen LogP contribution in [0, 0.1) is 5.92 Å². The average Bonchev–Trinajstić information content (AvgIpc) is 1.70. The lowest BCUT2D eigenvalue weighted by Gasteiger charge is -2.24. The fourth-order valence-corrected chi connectivity index (χ4v) is 17.9. The molecule has 832 valence electrons. The number of hydrogen-bond acceptors (Lipinski definition) is 19. The summed E-state index contributed by atoms with van der Waals surface area (Å²) in [6, 6.07) is -0.533. The lowest BCUT2D eigenvalue weighted by Crippen LogP contribution is -2.45. The monoisotopic (exact) mass is 2110 g/mol. The zero-order chi connectivity index (χ0) is 97.3. The molecule has 2 aliphatic heterocycles. The van der Waals surface area contributed by atoms with Gasteiger partial charge < -0.3 is 31.7 Å². The number of carbonyl (C=O) groups is 11. The lowest BCUT2D eigenvalue weighted by molar-refractivity contribution is -0.195. The standard InChI is InChI=1S/4C18H36.C11H18BrN3O3.C8H9NO5S.C6H10O2S.2C4H8OS.CH5N.8CH4.H3NO/c4*1-2-4-6-8-10-12-14-16-18-17-15-13-11-9-7-5-3-1;1-2-8(11(13)18)15-6-7(3-10(15)17)5-14-9(16)4-12;1-5(10)15-4-8(13)14-9-6(11)2-3-7(9)12;1-3-6(8)4-9-5(2)7;2*1-2-4(5)3-6;1-2;;;;;;;;;1-2/h4*1-18H2;7-8H,2-6H2,1H3,(H2,13,18)(H,14,16);2-4H2,1H3;3-4H2,1-2H3;2*6H,2-3H2,1H3;2H2,1H3;8*1H4;2H,1H2/t;;;;7?,8-;;;;;;;;;;;;;;/m....1............../s1. The molecular formula is C114H237BrN6O13S4. The maximum absolute atomic E-state index is 11.8. The Morgan fingerprint density at radius 2 is 0.543 bits per heavy atom. The topological polar surface area (TPSA) is 314 Å². The van der Waals surface area contributed by atoms with Crippen LogP contribution in [0.4, 0.5) is 0 Å². The van der Waals surface area contributed by atoms with Gasteiger partial charge in [0.1, 0.15) is 29.1 Å². The van der Waals surface area contributed by atoms with Gasteiger partial charge in [-0.25, -0.2) is 10.7 Å². The van der Waals surface area contributed by atoms with Crippen LogP contribution in [-0.2, 0) is 57.6 Å². The Hall–Kier alpha value is -2.87. The van der Waals surface area contributed by atoms with Crippen molar-refractivity contribution in [3.8, 4) is 0 Å². The minimum Gasteiger partial charge on any atom is -0.368 e. The van der Waals surface area contributed by atoms with E-state index in [1.54, 1.807) is 6.92 Å². The number of hydroxylamine groups is 2. The number of hydrogen-bond donors (Lipinski definition) is 7. The molecule has 6 fully saturated rings. The molecule has 4 aliphatic carbocycles. The molecule has 0 spiro atoms. The molecule has 2 heterocycles.